The highest BCUT2D eigenvalue weighted by molar-refractivity contribution is 5.86. The molecule has 0 atom stereocenters. The molecule has 6 rings (SSSR count). The fourth-order valence-corrected chi connectivity index (χ4v) is 6.20. The lowest BCUT2D eigenvalue weighted by Crippen LogP contribution is -2.42. The monoisotopic (exact) mass is 494 g/mol. The van der Waals surface area contributed by atoms with Crippen molar-refractivity contribution < 1.29 is 9.84 Å². The summed E-state index contributed by atoms with van der Waals surface area (Å²) in [5.41, 5.74) is 6.98. The van der Waals surface area contributed by atoms with Crippen LogP contribution in [0.1, 0.15) is 60.8 Å². The lowest BCUT2D eigenvalue weighted by Gasteiger charge is -2.41. The van der Waals surface area contributed by atoms with Gasteiger partial charge in [-0.3, -0.25) is 4.40 Å². The first-order chi connectivity index (χ1) is 18.1. The molecule has 0 bridgehead atoms. The van der Waals surface area contributed by atoms with Gasteiger partial charge in [0.1, 0.15) is 11.9 Å². The number of rotatable bonds is 5. The fraction of sp³-hybridized carbons (Fsp3) is 0.419. The molecule has 4 heterocycles. The van der Waals surface area contributed by atoms with E-state index in [0.29, 0.717) is 5.56 Å². The lowest BCUT2D eigenvalue weighted by atomic mass is 9.80. The van der Waals surface area contributed by atoms with E-state index in [-0.39, 0.29) is 17.9 Å². The van der Waals surface area contributed by atoms with Crippen LogP contribution in [0.3, 0.4) is 0 Å². The van der Waals surface area contributed by atoms with E-state index in [2.05, 4.69) is 64.8 Å². The highest BCUT2D eigenvalue weighted by Gasteiger charge is 2.35. The Bertz CT molecular complexity index is 1460. The molecule has 2 aromatic carbocycles. The highest BCUT2D eigenvalue weighted by atomic mass is 16.5. The number of aromatic nitrogens is 2. The maximum absolute atomic E-state index is 10.6. The molecule has 0 radical (unpaired) electrons. The molecule has 2 aliphatic rings. The number of anilines is 1. The van der Waals surface area contributed by atoms with Crippen molar-refractivity contribution in [1.82, 2.24) is 9.38 Å². The zero-order chi connectivity index (χ0) is 25.4. The number of fused-ring (bicyclic) bond motifs is 3. The van der Waals surface area contributed by atoms with E-state index >= 15 is 0 Å². The van der Waals surface area contributed by atoms with Gasteiger partial charge in [0.25, 0.3) is 0 Å². The minimum Gasteiger partial charge on any atom is -0.396 e. The average Bonchev–Trinajstić information content (AvgIpc) is 3.33. The molecular formula is C31H34N4O2. The van der Waals surface area contributed by atoms with E-state index in [0.717, 1.165) is 86.5 Å². The molecule has 2 fully saturated rings. The van der Waals surface area contributed by atoms with Crippen molar-refractivity contribution in [3.63, 3.8) is 0 Å². The van der Waals surface area contributed by atoms with Gasteiger partial charge >= 0.3 is 0 Å². The smallest absolute Gasteiger partial charge is 0.157 e. The molecule has 0 amide bonds. The van der Waals surface area contributed by atoms with Crippen LogP contribution in [0, 0.1) is 16.7 Å². The second kappa shape index (κ2) is 9.81. The number of pyridine rings is 1. The van der Waals surface area contributed by atoms with Crippen LogP contribution in [0.25, 0.3) is 16.7 Å². The Balaban J connectivity index is 1.66. The van der Waals surface area contributed by atoms with Gasteiger partial charge in [-0.2, -0.15) is 5.26 Å². The van der Waals surface area contributed by atoms with Gasteiger partial charge in [-0.05, 0) is 60.3 Å². The predicted octanol–water partition coefficient (Wildman–Crippen LogP) is 5.44. The molecule has 0 saturated carbocycles. The second-order valence-electron chi connectivity index (χ2n) is 11.0. The largest absolute Gasteiger partial charge is 0.396 e. The van der Waals surface area contributed by atoms with Gasteiger partial charge in [-0.15, -0.1) is 0 Å². The third kappa shape index (κ3) is 4.27. The van der Waals surface area contributed by atoms with E-state index in [4.69, 9.17) is 9.72 Å². The third-order valence-corrected chi connectivity index (χ3v) is 8.48. The minimum absolute atomic E-state index is 0.0532. The number of hydrogen-bond donors (Lipinski definition) is 1. The third-order valence-electron chi connectivity index (χ3n) is 8.48. The first-order valence-electron chi connectivity index (χ1n) is 13.5. The first-order valence-corrected chi connectivity index (χ1v) is 13.5. The zero-order valence-corrected chi connectivity index (χ0v) is 21.5. The van der Waals surface area contributed by atoms with Crippen molar-refractivity contribution in [3.05, 3.63) is 76.9 Å². The summed E-state index contributed by atoms with van der Waals surface area (Å²) in [5, 5.41) is 20.6. The summed E-state index contributed by atoms with van der Waals surface area (Å²) < 4.78 is 7.98. The molecule has 1 N–H and O–H groups in total. The van der Waals surface area contributed by atoms with Gasteiger partial charge in [-0.25, -0.2) is 4.98 Å². The van der Waals surface area contributed by atoms with Gasteiger partial charge in [0.05, 0.1) is 16.6 Å². The standard InChI is InChI=1S/C31H34N4O2/c1-31(21-36)13-15-34(16-14-31)30-24(19-22-7-3-2-4-8-22)28(23-11-17-37-18-12-23)25(20-32)29-33-26-9-5-6-10-27(26)35(29)30/h2-10,23,36H,11-19,21H2,1H3. The summed E-state index contributed by atoms with van der Waals surface area (Å²) in [5.74, 6) is 1.42. The number of piperidine rings is 1. The topological polar surface area (TPSA) is 73.8 Å². The van der Waals surface area contributed by atoms with Crippen molar-refractivity contribution >= 4 is 22.5 Å². The number of aliphatic hydroxyl groups excluding tert-OH is 1. The molecule has 2 aromatic heterocycles. The summed E-state index contributed by atoms with van der Waals surface area (Å²) in [6.45, 7) is 5.55. The lowest BCUT2D eigenvalue weighted by molar-refractivity contribution is 0.0851. The van der Waals surface area contributed by atoms with E-state index < -0.39 is 0 Å². The highest BCUT2D eigenvalue weighted by Crippen LogP contribution is 2.43. The maximum atomic E-state index is 10.6. The number of imidazole rings is 1. The average molecular weight is 495 g/mol. The summed E-state index contributed by atoms with van der Waals surface area (Å²) in [4.78, 5) is 7.52. The molecule has 2 saturated heterocycles. The fourth-order valence-electron chi connectivity index (χ4n) is 6.20. The van der Waals surface area contributed by atoms with Crippen molar-refractivity contribution in [2.24, 2.45) is 5.41 Å². The summed E-state index contributed by atoms with van der Waals surface area (Å²) >= 11 is 0. The summed E-state index contributed by atoms with van der Waals surface area (Å²) in [7, 11) is 0. The Morgan fingerprint density at radius 2 is 1.76 bits per heavy atom. The molecule has 37 heavy (non-hydrogen) atoms. The molecule has 190 valence electrons. The van der Waals surface area contributed by atoms with Gasteiger partial charge in [0.2, 0.25) is 0 Å². The number of nitriles is 1. The molecule has 6 nitrogen and oxygen atoms in total. The first kappa shape index (κ1) is 24.0. The van der Waals surface area contributed by atoms with E-state index in [1.807, 2.05) is 12.1 Å². The number of para-hydroxylation sites is 2. The van der Waals surface area contributed by atoms with E-state index in [1.54, 1.807) is 0 Å². The number of ether oxygens (including phenoxy) is 1. The quantitative estimate of drug-likeness (QED) is 0.400. The number of nitrogens with zero attached hydrogens (tertiary/aromatic N) is 4. The van der Waals surface area contributed by atoms with Crippen LogP contribution >= 0.6 is 0 Å². The number of benzene rings is 2. The van der Waals surface area contributed by atoms with Crippen molar-refractivity contribution in [1.29, 1.82) is 5.26 Å². The van der Waals surface area contributed by atoms with Crippen LogP contribution in [0.2, 0.25) is 0 Å². The van der Waals surface area contributed by atoms with Gasteiger partial charge in [-0.1, -0.05) is 49.4 Å². The van der Waals surface area contributed by atoms with Crippen LogP contribution in [-0.4, -0.2) is 47.4 Å². The predicted molar refractivity (Wildman–Crippen MR) is 146 cm³/mol. The molecular weight excluding hydrogens is 460 g/mol. The Morgan fingerprint density at radius 3 is 2.46 bits per heavy atom. The Kier molecular flexibility index (Phi) is 6.36. The van der Waals surface area contributed by atoms with Crippen molar-refractivity contribution in [2.45, 2.75) is 44.9 Å². The molecule has 2 aliphatic heterocycles. The van der Waals surface area contributed by atoms with Gasteiger partial charge in [0, 0.05) is 44.9 Å². The number of aliphatic hydroxyl groups is 1. The van der Waals surface area contributed by atoms with E-state index in [9.17, 15) is 10.4 Å². The Morgan fingerprint density at radius 1 is 1.05 bits per heavy atom. The van der Waals surface area contributed by atoms with Crippen LogP contribution in [0.5, 0.6) is 0 Å². The molecule has 6 heteroatoms. The molecule has 0 unspecified atom stereocenters. The number of hydrogen-bond acceptors (Lipinski definition) is 5. The van der Waals surface area contributed by atoms with Gasteiger partial charge < -0.3 is 14.7 Å². The summed E-state index contributed by atoms with van der Waals surface area (Å²) in [6, 6.07) is 21.4. The molecule has 4 aromatic rings. The van der Waals surface area contributed by atoms with Crippen LogP contribution in [-0.2, 0) is 11.2 Å². The molecule has 0 spiro atoms. The minimum atomic E-state index is -0.0532. The SMILES string of the molecule is CC1(CO)CCN(c2c(Cc3ccccc3)c(C3CCOCC3)c(C#N)c3nc4ccccc4n23)CC1. The zero-order valence-electron chi connectivity index (χ0n) is 21.5. The normalized spacial score (nSPS) is 18.4. The van der Waals surface area contributed by atoms with Crippen molar-refractivity contribution in [2.75, 3.05) is 37.8 Å². The Hall–Kier alpha value is -3.40. The van der Waals surface area contributed by atoms with Crippen LogP contribution < -0.4 is 4.90 Å². The van der Waals surface area contributed by atoms with Crippen molar-refractivity contribution in [3.8, 4) is 6.07 Å². The molecule has 0 aliphatic carbocycles. The second-order valence-corrected chi connectivity index (χ2v) is 11.0. The van der Waals surface area contributed by atoms with E-state index in [1.165, 1.54) is 11.1 Å². The van der Waals surface area contributed by atoms with Crippen LogP contribution in [0.4, 0.5) is 5.82 Å². The maximum Gasteiger partial charge on any atom is 0.157 e. The summed E-state index contributed by atoms with van der Waals surface area (Å²) in [6.07, 6.45) is 4.43. The van der Waals surface area contributed by atoms with Crippen LogP contribution in [0.15, 0.2) is 54.6 Å². The Labute approximate surface area is 218 Å². The van der Waals surface area contributed by atoms with Gasteiger partial charge in [0.15, 0.2) is 5.65 Å².